The van der Waals surface area contributed by atoms with E-state index in [-0.39, 0.29) is 6.23 Å². The van der Waals surface area contributed by atoms with E-state index in [1.807, 2.05) is 13.0 Å². The minimum atomic E-state index is -0.342. The molecule has 198 valence electrons. The summed E-state index contributed by atoms with van der Waals surface area (Å²) >= 11 is 0. The molecule has 0 saturated carbocycles. The molecule has 0 radical (unpaired) electrons. The Morgan fingerprint density at radius 1 is 0.697 bits per heavy atom. The van der Waals surface area contributed by atoms with E-state index in [0.717, 1.165) is 19.5 Å². The summed E-state index contributed by atoms with van der Waals surface area (Å²) in [6.45, 7) is 29.5. The van der Waals surface area contributed by atoms with Crippen molar-refractivity contribution in [3.63, 3.8) is 0 Å². The number of aliphatic hydroxyl groups excluding tert-OH is 1. The van der Waals surface area contributed by atoms with E-state index < -0.39 is 0 Å². The lowest BCUT2D eigenvalue weighted by molar-refractivity contribution is 0.0135. The molecule has 1 N–H and O–H groups in total. The first-order chi connectivity index (χ1) is 15.0. The van der Waals surface area contributed by atoms with Gasteiger partial charge in [-0.2, -0.15) is 0 Å². The van der Waals surface area contributed by atoms with Crippen LogP contribution in [0.4, 0.5) is 0 Å². The monoisotopic (exact) mass is 465 g/mol. The molecule has 2 heteroatoms. The van der Waals surface area contributed by atoms with Crippen molar-refractivity contribution in [2.45, 2.75) is 153 Å². The van der Waals surface area contributed by atoms with Gasteiger partial charge in [0, 0.05) is 13.1 Å². The number of hydrogen-bond donors (Lipinski definition) is 1. The van der Waals surface area contributed by atoms with E-state index >= 15 is 0 Å². The number of unbranched alkanes of at least 4 members (excludes halogenated alkanes) is 3. The van der Waals surface area contributed by atoms with Gasteiger partial charge in [0.25, 0.3) is 0 Å². The third-order valence-corrected chi connectivity index (χ3v) is 7.76. The van der Waals surface area contributed by atoms with Crippen LogP contribution >= 0.6 is 0 Å². The number of allylic oxidation sites excluding steroid dienone is 1. The summed E-state index contributed by atoms with van der Waals surface area (Å²) in [6.07, 6.45) is 16.6. The Balaban J connectivity index is 4.35. The highest BCUT2D eigenvalue weighted by Gasteiger charge is 2.29. The summed E-state index contributed by atoms with van der Waals surface area (Å²) in [6, 6.07) is 0. The highest BCUT2D eigenvalue weighted by Crippen LogP contribution is 2.40. The maximum Gasteiger partial charge on any atom is 0.104 e. The van der Waals surface area contributed by atoms with Crippen molar-refractivity contribution in [2.75, 3.05) is 13.1 Å². The minimum Gasteiger partial charge on any atom is -0.379 e. The highest BCUT2D eigenvalue weighted by molar-refractivity contribution is 4.81. The zero-order valence-electron chi connectivity index (χ0n) is 24.7. The molecule has 0 aliphatic heterocycles. The number of nitrogens with zero attached hydrogens (tertiary/aromatic N) is 1. The molecule has 33 heavy (non-hydrogen) atoms. The molecule has 0 amide bonds. The number of rotatable bonds is 20. The van der Waals surface area contributed by atoms with Crippen molar-refractivity contribution in [1.82, 2.24) is 4.90 Å². The van der Waals surface area contributed by atoms with Gasteiger partial charge in [0.2, 0.25) is 0 Å². The molecular weight excluding hydrogens is 402 g/mol. The number of hydrogen-bond acceptors (Lipinski definition) is 2. The summed E-state index contributed by atoms with van der Waals surface area (Å²) in [4.78, 5) is 2.29. The van der Waals surface area contributed by atoms with Gasteiger partial charge in [-0.3, -0.25) is 4.90 Å². The molecule has 0 heterocycles. The van der Waals surface area contributed by atoms with E-state index in [1.165, 1.54) is 70.6 Å². The van der Waals surface area contributed by atoms with E-state index in [0.29, 0.717) is 21.7 Å². The molecule has 0 aromatic heterocycles. The van der Waals surface area contributed by atoms with Crippen LogP contribution in [0.2, 0.25) is 0 Å². The Labute approximate surface area is 210 Å². The third kappa shape index (κ3) is 16.8. The second-order valence-electron chi connectivity index (χ2n) is 14.1. The molecule has 0 aromatic rings. The van der Waals surface area contributed by atoms with Gasteiger partial charge in [-0.05, 0) is 86.4 Å². The molecule has 0 aromatic carbocycles. The Kier molecular flexibility index (Phi) is 14.8. The van der Waals surface area contributed by atoms with Crippen molar-refractivity contribution < 1.29 is 5.11 Å². The quantitative estimate of drug-likeness (QED) is 0.110. The minimum absolute atomic E-state index is 0.342. The predicted octanol–water partition coefficient (Wildman–Crippen LogP) is 9.62. The Hall–Kier alpha value is -0.340. The first-order valence-corrected chi connectivity index (χ1v) is 14.1. The van der Waals surface area contributed by atoms with E-state index in [2.05, 4.69) is 73.8 Å². The van der Waals surface area contributed by atoms with Gasteiger partial charge in [0.1, 0.15) is 6.23 Å². The van der Waals surface area contributed by atoms with Gasteiger partial charge >= 0.3 is 0 Å². The van der Waals surface area contributed by atoms with E-state index in [9.17, 15) is 5.11 Å². The van der Waals surface area contributed by atoms with Crippen LogP contribution in [-0.2, 0) is 0 Å². The molecule has 0 aliphatic carbocycles. The molecule has 0 spiro atoms. The van der Waals surface area contributed by atoms with Gasteiger partial charge in [-0.1, -0.05) is 87.7 Å². The van der Waals surface area contributed by atoms with Crippen molar-refractivity contribution in [2.24, 2.45) is 21.7 Å². The maximum atomic E-state index is 10.3. The zero-order valence-corrected chi connectivity index (χ0v) is 24.7. The lowest BCUT2D eigenvalue weighted by Gasteiger charge is -2.36. The maximum absolute atomic E-state index is 10.3. The highest BCUT2D eigenvalue weighted by atomic mass is 16.3. The SMILES string of the molecule is C=CCCCC(C)(C)CC(C)(C)CCCN(CCCCCC(C)(C)CC(C)(C)CC)C(C)O. The normalized spacial score (nSPS) is 14.7. The third-order valence-electron chi connectivity index (χ3n) is 7.76. The summed E-state index contributed by atoms with van der Waals surface area (Å²) in [5, 5.41) is 10.3. The van der Waals surface area contributed by atoms with Crippen molar-refractivity contribution in [1.29, 1.82) is 0 Å². The second kappa shape index (κ2) is 14.9. The largest absolute Gasteiger partial charge is 0.379 e. The van der Waals surface area contributed by atoms with Crippen molar-refractivity contribution in [3.05, 3.63) is 12.7 Å². The van der Waals surface area contributed by atoms with Crippen LogP contribution in [0.3, 0.4) is 0 Å². The fraction of sp³-hybridized carbons (Fsp3) is 0.935. The van der Waals surface area contributed by atoms with Crippen LogP contribution in [0.15, 0.2) is 12.7 Å². The molecule has 0 fully saturated rings. The lowest BCUT2D eigenvalue weighted by Crippen LogP contribution is -2.35. The summed E-state index contributed by atoms with van der Waals surface area (Å²) < 4.78 is 0. The molecule has 0 bridgehead atoms. The fourth-order valence-electron chi connectivity index (χ4n) is 6.05. The molecule has 0 rings (SSSR count). The predicted molar refractivity (Wildman–Crippen MR) is 150 cm³/mol. The Morgan fingerprint density at radius 3 is 1.64 bits per heavy atom. The van der Waals surface area contributed by atoms with Crippen LogP contribution in [0.5, 0.6) is 0 Å². The first-order valence-electron chi connectivity index (χ1n) is 14.1. The van der Waals surface area contributed by atoms with Crippen LogP contribution in [0.1, 0.15) is 146 Å². The van der Waals surface area contributed by atoms with Gasteiger partial charge in [0.15, 0.2) is 0 Å². The molecule has 1 atom stereocenters. The Morgan fingerprint density at radius 2 is 1.15 bits per heavy atom. The van der Waals surface area contributed by atoms with Gasteiger partial charge in [-0.15, -0.1) is 6.58 Å². The van der Waals surface area contributed by atoms with Crippen molar-refractivity contribution >= 4 is 0 Å². The van der Waals surface area contributed by atoms with Gasteiger partial charge in [-0.25, -0.2) is 0 Å². The lowest BCUT2D eigenvalue weighted by atomic mass is 9.71. The first kappa shape index (κ1) is 32.7. The average molecular weight is 466 g/mol. The van der Waals surface area contributed by atoms with E-state index in [4.69, 9.17) is 0 Å². The fourth-order valence-corrected chi connectivity index (χ4v) is 6.05. The van der Waals surface area contributed by atoms with Crippen LogP contribution in [-0.4, -0.2) is 29.3 Å². The topological polar surface area (TPSA) is 23.5 Å². The van der Waals surface area contributed by atoms with Gasteiger partial charge in [0.05, 0.1) is 0 Å². The van der Waals surface area contributed by atoms with Gasteiger partial charge < -0.3 is 5.11 Å². The molecule has 2 nitrogen and oxygen atoms in total. The molecule has 0 saturated heterocycles. The molecular formula is C31H63NO. The summed E-state index contributed by atoms with van der Waals surface area (Å²) in [5.41, 5.74) is 1.60. The zero-order chi connectivity index (χ0) is 25.8. The Bertz CT molecular complexity index is 515. The average Bonchev–Trinajstić information content (AvgIpc) is 2.64. The van der Waals surface area contributed by atoms with Crippen LogP contribution in [0, 0.1) is 21.7 Å². The van der Waals surface area contributed by atoms with Crippen molar-refractivity contribution in [3.8, 4) is 0 Å². The molecule has 0 aliphatic rings. The summed E-state index contributed by atoms with van der Waals surface area (Å²) in [7, 11) is 0. The standard InChI is InChI=1S/C31H63NO/c1-12-14-16-20-30(8,9)26-31(10,11)22-19-24-32(27(3)33)23-18-15-17-21-29(6,7)25-28(4,5)13-2/h12,27,33H,1,13-26H2,2-11H3. The molecule has 1 unspecified atom stereocenters. The second-order valence-corrected chi connectivity index (χ2v) is 14.1. The van der Waals surface area contributed by atoms with E-state index in [1.54, 1.807) is 0 Å². The van der Waals surface area contributed by atoms with Crippen LogP contribution < -0.4 is 0 Å². The smallest absolute Gasteiger partial charge is 0.104 e. The summed E-state index contributed by atoms with van der Waals surface area (Å²) in [5.74, 6) is 0. The van der Waals surface area contributed by atoms with Crippen LogP contribution in [0.25, 0.3) is 0 Å². The number of aliphatic hydroxyl groups is 1.